The summed E-state index contributed by atoms with van der Waals surface area (Å²) in [6.45, 7) is 1.88. The molecule has 3 heterocycles. The zero-order valence-corrected chi connectivity index (χ0v) is 17.0. The second kappa shape index (κ2) is 7.17. The number of rotatable bonds is 3. The lowest BCUT2D eigenvalue weighted by molar-refractivity contribution is 0.424. The van der Waals surface area contributed by atoms with Crippen molar-refractivity contribution >= 4 is 5.96 Å². The number of hydrogen-bond acceptors (Lipinski definition) is 4. The number of allylic oxidation sites excluding steroid dienone is 1. The Morgan fingerprint density at radius 1 is 0.900 bits per heavy atom. The van der Waals surface area contributed by atoms with Crippen LogP contribution in [0.4, 0.5) is 0 Å². The van der Waals surface area contributed by atoms with Crippen molar-refractivity contribution in [1.82, 2.24) is 20.0 Å². The molecule has 3 aromatic rings. The van der Waals surface area contributed by atoms with Crippen LogP contribution in [0.25, 0.3) is 16.9 Å². The molecule has 0 amide bonds. The summed E-state index contributed by atoms with van der Waals surface area (Å²) in [6, 6.07) is 21.0. The van der Waals surface area contributed by atoms with Crippen LogP contribution < -0.4 is 5.32 Å². The van der Waals surface area contributed by atoms with Crippen molar-refractivity contribution in [3.63, 3.8) is 0 Å². The molecule has 2 aromatic carbocycles. The third-order valence-corrected chi connectivity index (χ3v) is 6.39. The van der Waals surface area contributed by atoms with E-state index in [1.54, 1.807) is 0 Å². The van der Waals surface area contributed by atoms with Crippen LogP contribution in [-0.4, -0.2) is 33.7 Å². The number of aliphatic imine (C=N–C) groups is 1. The smallest absolute Gasteiger partial charge is 0.199 e. The van der Waals surface area contributed by atoms with Crippen LogP contribution in [0.15, 0.2) is 83.1 Å². The molecule has 1 atom stereocenters. The largest absolute Gasteiger partial charge is 0.345 e. The van der Waals surface area contributed by atoms with Gasteiger partial charge in [-0.1, -0.05) is 48.5 Å². The summed E-state index contributed by atoms with van der Waals surface area (Å²) in [6.07, 6.45) is 7.02. The minimum atomic E-state index is 0.126. The van der Waals surface area contributed by atoms with Gasteiger partial charge in [0.25, 0.3) is 0 Å². The summed E-state index contributed by atoms with van der Waals surface area (Å²) < 4.78 is 2.02. The Morgan fingerprint density at radius 3 is 2.50 bits per heavy atom. The molecule has 5 heteroatoms. The van der Waals surface area contributed by atoms with Crippen molar-refractivity contribution in [2.24, 2.45) is 4.99 Å². The minimum absolute atomic E-state index is 0.126. The monoisotopic (exact) mass is 395 g/mol. The molecule has 0 radical (unpaired) electrons. The molecule has 1 unspecified atom stereocenters. The standard InChI is InChI=1S/C25H25N5/c1-3-9-18(10-4-1)23-21(17-30(28-23)19-11-5-2-6-12-19)24-20-13-7-8-14-22(20)29-16-15-26-25(29)27-24/h1-6,9-12,17,24H,7-8,13-16H2,(H,26,27). The first kappa shape index (κ1) is 17.5. The van der Waals surface area contributed by atoms with Gasteiger partial charge < -0.3 is 10.2 Å². The first-order valence-corrected chi connectivity index (χ1v) is 10.9. The van der Waals surface area contributed by atoms with Gasteiger partial charge in [0.1, 0.15) is 0 Å². The zero-order chi connectivity index (χ0) is 19.9. The molecular weight excluding hydrogens is 370 g/mol. The Balaban J connectivity index is 1.53. The second-order valence-electron chi connectivity index (χ2n) is 8.19. The fraction of sp³-hybridized carbons (Fsp3) is 0.280. The average molecular weight is 396 g/mol. The Kier molecular flexibility index (Phi) is 4.18. The molecule has 30 heavy (non-hydrogen) atoms. The lowest BCUT2D eigenvalue weighted by Gasteiger charge is -2.39. The molecular formula is C25H25N5. The van der Waals surface area contributed by atoms with Gasteiger partial charge in [-0.3, -0.25) is 4.99 Å². The highest BCUT2D eigenvalue weighted by atomic mass is 15.4. The summed E-state index contributed by atoms with van der Waals surface area (Å²) in [5, 5.41) is 8.82. The summed E-state index contributed by atoms with van der Waals surface area (Å²) in [5.41, 5.74) is 7.52. The minimum Gasteiger partial charge on any atom is -0.345 e. The fourth-order valence-corrected chi connectivity index (χ4v) is 4.98. The predicted octanol–water partition coefficient (Wildman–Crippen LogP) is 4.68. The number of nitrogens with zero attached hydrogens (tertiary/aromatic N) is 4. The fourth-order valence-electron chi connectivity index (χ4n) is 4.98. The van der Waals surface area contributed by atoms with E-state index in [-0.39, 0.29) is 6.04 Å². The normalized spacial score (nSPS) is 20.5. The molecule has 6 rings (SSSR count). The Labute approximate surface area is 176 Å². The average Bonchev–Trinajstić information content (AvgIpc) is 3.47. The van der Waals surface area contributed by atoms with E-state index in [9.17, 15) is 0 Å². The Morgan fingerprint density at radius 2 is 1.67 bits per heavy atom. The van der Waals surface area contributed by atoms with E-state index in [2.05, 4.69) is 71.0 Å². The lowest BCUT2D eigenvalue weighted by atomic mass is 9.85. The number of benzene rings is 2. The van der Waals surface area contributed by atoms with E-state index >= 15 is 0 Å². The van der Waals surface area contributed by atoms with E-state index in [1.165, 1.54) is 29.7 Å². The summed E-state index contributed by atoms with van der Waals surface area (Å²) in [7, 11) is 0. The topological polar surface area (TPSA) is 45.5 Å². The van der Waals surface area contributed by atoms with E-state index in [0.717, 1.165) is 48.8 Å². The van der Waals surface area contributed by atoms with E-state index < -0.39 is 0 Å². The third kappa shape index (κ3) is 2.84. The highest BCUT2D eigenvalue weighted by Gasteiger charge is 2.37. The predicted molar refractivity (Wildman–Crippen MR) is 119 cm³/mol. The molecule has 1 N–H and O–H groups in total. The number of para-hydroxylation sites is 1. The van der Waals surface area contributed by atoms with Crippen LogP contribution in [0.3, 0.4) is 0 Å². The first-order valence-electron chi connectivity index (χ1n) is 10.9. The van der Waals surface area contributed by atoms with Crippen LogP contribution in [0, 0.1) is 0 Å². The third-order valence-electron chi connectivity index (χ3n) is 6.39. The Hall–Kier alpha value is -3.34. The summed E-state index contributed by atoms with van der Waals surface area (Å²) in [5.74, 6) is 1.03. The van der Waals surface area contributed by atoms with Crippen LogP contribution in [0.5, 0.6) is 0 Å². The van der Waals surface area contributed by atoms with Gasteiger partial charge >= 0.3 is 0 Å². The molecule has 1 aliphatic carbocycles. The maximum atomic E-state index is 5.05. The van der Waals surface area contributed by atoms with E-state index in [1.807, 2.05) is 10.7 Å². The molecule has 0 fully saturated rings. The van der Waals surface area contributed by atoms with Gasteiger partial charge in [0, 0.05) is 29.6 Å². The molecule has 0 bridgehead atoms. The van der Waals surface area contributed by atoms with Gasteiger partial charge in [-0.15, -0.1) is 0 Å². The molecule has 150 valence electrons. The van der Waals surface area contributed by atoms with Crippen molar-refractivity contribution in [3.8, 4) is 16.9 Å². The van der Waals surface area contributed by atoms with Crippen LogP contribution >= 0.6 is 0 Å². The maximum Gasteiger partial charge on any atom is 0.199 e. The van der Waals surface area contributed by atoms with Gasteiger partial charge in [-0.25, -0.2) is 4.68 Å². The maximum absolute atomic E-state index is 5.05. The van der Waals surface area contributed by atoms with E-state index in [0.29, 0.717) is 0 Å². The number of fused-ring (bicyclic) bond motifs is 2. The second-order valence-corrected chi connectivity index (χ2v) is 8.19. The van der Waals surface area contributed by atoms with Crippen molar-refractivity contribution in [2.45, 2.75) is 31.7 Å². The van der Waals surface area contributed by atoms with Crippen molar-refractivity contribution < 1.29 is 0 Å². The number of aromatic nitrogens is 2. The van der Waals surface area contributed by atoms with Gasteiger partial charge in [0.15, 0.2) is 5.96 Å². The molecule has 0 saturated carbocycles. The van der Waals surface area contributed by atoms with Crippen LogP contribution in [-0.2, 0) is 0 Å². The SMILES string of the molecule is c1ccc(-c2nn(-c3ccccc3)cc2C2NC3=NCCN3C3=C2CCCC3)cc1. The lowest BCUT2D eigenvalue weighted by Crippen LogP contribution is -2.46. The van der Waals surface area contributed by atoms with Crippen molar-refractivity contribution in [3.05, 3.63) is 83.7 Å². The van der Waals surface area contributed by atoms with Crippen LogP contribution in [0.2, 0.25) is 0 Å². The van der Waals surface area contributed by atoms with E-state index in [4.69, 9.17) is 10.1 Å². The molecule has 3 aliphatic rings. The first-order chi connectivity index (χ1) is 14.9. The highest BCUT2D eigenvalue weighted by molar-refractivity contribution is 5.86. The molecule has 0 saturated heterocycles. The van der Waals surface area contributed by atoms with Gasteiger partial charge in [-0.2, -0.15) is 5.10 Å². The van der Waals surface area contributed by atoms with Crippen molar-refractivity contribution in [2.75, 3.05) is 13.1 Å². The van der Waals surface area contributed by atoms with Crippen molar-refractivity contribution in [1.29, 1.82) is 0 Å². The summed E-state index contributed by atoms with van der Waals surface area (Å²) in [4.78, 5) is 7.17. The van der Waals surface area contributed by atoms with Gasteiger partial charge in [0.05, 0.1) is 24.0 Å². The Bertz CT molecular complexity index is 1130. The zero-order valence-electron chi connectivity index (χ0n) is 17.0. The number of nitrogens with one attached hydrogen (secondary N) is 1. The molecule has 0 spiro atoms. The number of hydrogen-bond donors (Lipinski definition) is 1. The van der Waals surface area contributed by atoms with Gasteiger partial charge in [-0.05, 0) is 43.4 Å². The molecule has 2 aliphatic heterocycles. The summed E-state index contributed by atoms with van der Waals surface area (Å²) >= 11 is 0. The van der Waals surface area contributed by atoms with Crippen LogP contribution in [0.1, 0.15) is 37.3 Å². The number of guanidine groups is 1. The van der Waals surface area contributed by atoms with Gasteiger partial charge in [0.2, 0.25) is 0 Å². The highest BCUT2D eigenvalue weighted by Crippen LogP contribution is 2.42. The molecule has 5 nitrogen and oxygen atoms in total. The quantitative estimate of drug-likeness (QED) is 0.700. The molecule has 1 aromatic heterocycles.